The summed E-state index contributed by atoms with van der Waals surface area (Å²) >= 11 is 0. The van der Waals surface area contributed by atoms with Gasteiger partial charge in [-0.15, -0.1) is 0 Å². The van der Waals surface area contributed by atoms with E-state index in [-0.39, 0.29) is 63.4 Å². The normalized spacial score (nSPS) is 12.4. The number of hydrogen-bond donors (Lipinski definition) is 0. The SMILES string of the molecule is CCCCCCCCCCCCCC(=O)OCC(COC(=O)CCCCCCCCCCCCC)OC(=O)CCCCCOC(=O)C(C)(COC(=O)C(C)C)COC(C)C. The first-order chi connectivity index (χ1) is 28.8. The molecule has 0 bridgehead atoms. The third kappa shape index (κ3) is 35.0. The molecule has 0 saturated heterocycles. The van der Waals surface area contributed by atoms with Gasteiger partial charge in [0.05, 0.1) is 25.2 Å². The van der Waals surface area contributed by atoms with Gasteiger partial charge in [0.15, 0.2) is 6.10 Å². The van der Waals surface area contributed by atoms with Gasteiger partial charge in [0, 0.05) is 19.3 Å². The van der Waals surface area contributed by atoms with Crippen LogP contribution in [0.15, 0.2) is 0 Å². The lowest BCUT2D eigenvalue weighted by Gasteiger charge is -2.28. The van der Waals surface area contributed by atoms with E-state index >= 15 is 0 Å². The molecular formula is C49H90O11. The molecular weight excluding hydrogens is 765 g/mol. The van der Waals surface area contributed by atoms with E-state index in [0.717, 1.165) is 38.5 Å². The van der Waals surface area contributed by atoms with Crippen molar-refractivity contribution in [3.8, 4) is 0 Å². The Balaban J connectivity index is 4.77. The lowest BCUT2D eigenvalue weighted by atomic mass is 9.93. The van der Waals surface area contributed by atoms with Crippen LogP contribution in [0.3, 0.4) is 0 Å². The molecule has 0 fully saturated rings. The second-order valence-electron chi connectivity index (χ2n) is 17.7. The van der Waals surface area contributed by atoms with Gasteiger partial charge in [-0.1, -0.05) is 156 Å². The van der Waals surface area contributed by atoms with E-state index in [1.165, 1.54) is 103 Å². The molecule has 0 aromatic rings. The zero-order chi connectivity index (χ0) is 44.7. The molecule has 0 rings (SSSR count). The molecule has 1 atom stereocenters. The van der Waals surface area contributed by atoms with Gasteiger partial charge in [0.2, 0.25) is 0 Å². The van der Waals surface area contributed by atoms with Crippen LogP contribution in [0.4, 0.5) is 0 Å². The van der Waals surface area contributed by atoms with Crippen molar-refractivity contribution >= 4 is 29.8 Å². The minimum Gasteiger partial charge on any atom is -0.465 e. The predicted octanol–water partition coefficient (Wildman–Crippen LogP) is 12.1. The van der Waals surface area contributed by atoms with Crippen LogP contribution in [-0.2, 0) is 52.4 Å². The largest absolute Gasteiger partial charge is 0.465 e. The van der Waals surface area contributed by atoms with Gasteiger partial charge in [-0.25, -0.2) is 0 Å². The van der Waals surface area contributed by atoms with E-state index in [9.17, 15) is 24.0 Å². The van der Waals surface area contributed by atoms with E-state index in [1.807, 2.05) is 13.8 Å². The van der Waals surface area contributed by atoms with Crippen molar-refractivity contribution < 1.29 is 52.4 Å². The fourth-order valence-corrected chi connectivity index (χ4v) is 6.54. The van der Waals surface area contributed by atoms with Crippen LogP contribution in [-0.4, -0.2) is 75.1 Å². The fourth-order valence-electron chi connectivity index (χ4n) is 6.54. The number of unbranched alkanes of at least 4 members (excludes halogenated alkanes) is 22. The first kappa shape index (κ1) is 57.3. The molecule has 0 aliphatic carbocycles. The number of ether oxygens (including phenoxy) is 6. The maximum Gasteiger partial charge on any atom is 0.317 e. The number of hydrogen-bond acceptors (Lipinski definition) is 11. The maximum absolute atomic E-state index is 13.0. The Hall–Kier alpha value is -2.69. The Bertz CT molecular complexity index is 1050. The molecule has 0 heterocycles. The zero-order valence-electron chi connectivity index (χ0n) is 39.6. The molecule has 11 heteroatoms. The molecule has 60 heavy (non-hydrogen) atoms. The third-order valence-corrected chi connectivity index (χ3v) is 10.6. The average Bonchev–Trinajstić information content (AvgIpc) is 3.22. The Morgan fingerprint density at radius 1 is 0.450 bits per heavy atom. The van der Waals surface area contributed by atoms with Crippen LogP contribution < -0.4 is 0 Å². The Morgan fingerprint density at radius 3 is 1.23 bits per heavy atom. The van der Waals surface area contributed by atoms with E-state index in [1.54, 1.807) is 20.8 Å². The summed E-state index contributed by atoms with van der Waals surface area (Å²) < 4.78 is 33.2. The molecule has 0 aliphatic heterocycles. The molecule has 0 radical (unpaired) electrons. The lowest BCUT2D eigenvalue weighted by molar-refractivity contribution is -0.169. The van der Waals surface area contributed by atoms with Crippen LogP contribution in [0.5, 0.6) is 0 Å². The molecule has 0 saturated carbocycles. The number of carbonyl (C=O) groups is 5. The van der Waals surface area contributed by atoms with E-state index in [2.05, 4.69) is 13.8 Å². The molecule has 0 aromatic carbocycles. The van der Waals surface area contributed by atoms with Gasteiger partial charge in [0.25, 0.3) is 0 Å². The summed E-state index contributed by atoms with van der Waals surface area (Å²) in [5, 5.41) is 0. The summed E-state index contributed by atoms with van der Waals surface area (Å²) in [5.41, 5.74) is -1.15. The van der Waals surface area contributed by atoms with Crippen molar-refractivity contribution in [3.05, 3.63) is 0 Å². The van der Waals surface area contributed by atoms with Gasteiger partial charge in [-0.05, 0) is 52.9 Å². The van der Waals surface area contributed by atoms with Crippen molar-refractivity contribution in [1.82, 2.24) is 0 Å². The van der Waals surface area contributed by atoms with Crippen LogP contribution in [0, 0.1) is 11.3 Å². The molecule has 352 valence electrons. The van der Waals surface area contributed by atoms with Crippen LogP contribution >= 0.6 is 0 Å². The molecule has 0 amide bonds. The molecule has 1 unspecified atom stereocenters. The molecule has 0 spiro atoms. The molecule has 11 nitrogen and oxygen atoms in total. The minimum atomic E-state index is -1.15. The summed E-state index contributed by atoms with van der Waals surface area (Å²) in [6, 6.07) is 0. The zero-order valence-corrected chi connectivity index (χ0v) is 39.6. The van der Waals surface area contributed by atoms with E-state index < -0.39 is 29.4 Å². The lowest BCUT2D eigenvalue weighted by Crippen LogP contribution is -2.41. The van der Waals surface area contributed by atoms with E-state index in [0.29, 0.717) is 32.1 Å². The van der Waals surface area contributed by atoms with Gasteiger partial charge in [-0.3, -0.25) is 24.0 Å². The molecule has 0 N–H and O–H groups in total. The summed E-state index contributed by atoms with van der Waals surface area (Å²) in [6.45, 7) is 13.0. The minimum absolute atomic E-state index is 0.0468. The van der Waals surface area contributed by atoms with Crippen molar-refractivity contribution in [2.45, 2.75) is 240 Å². The summed E-state index contributed by atoms with van der Waals surface area (Å²) in [5.74, 6) is -2.42. The number of rotatable bonds is 42. The Labute approximate surface area is 366 Å². The fraction of sp³-hybridized carbons (Fsp3) is 0.898. The number of carbonyl (C=O) groups excluding carboxylic acids is 5. The van der Waals surface area contributed by atoms with Crippen molar-refractivity contribution in [3.63, 3.8) is 0 Å². The highest BCUT2D eigenvalue weighted by atomic mass is 16.6. The van der Waals surface area contributed by atoms with Crippen LogP contribution in [0.2, 0.25) is 0 Å². The highest BCUT2D eigenvalue weighted by Crippen LogP contribution is 2.22. The Kier molecular flexibility index (Phi) is 37.4. The highest BCUT2D eigenvalue weighted by molar-refractivity contribution is 5.78. The maximum atomic E-state index is 13.0. The van der Waals surface area contributed by atoms with Crippen molar-refractivity contribution in [2.24, 2.45) is 11.3 Å². The van der Waals surface area contributed by atoms with Gasteiger partial charge < -0.3 is 28.4 Å². The second-order valence-corrected chi connectivity index (χ2v) is 17.7. The predicted molar refractivity (Wildman–Crippen MR) is 238 cm³/mol. The van der Waals surface area contributed by atoms with Crippen LogP contribution in [0.25, 0.3) is 0 Å². The topological polar surface area (TPSA) is 141 Å². The first-order valence-electron chi connectivity index (χ1n) is 24.3. The summed E-state index contributed by atoms with van der Waals surface area (Å²) in [6.07, 6.45) is 27.4. The van der Waals surface area contributed by atoms with Gasteiger partial charge in [-0.2, -0.15) is 0 Å². The quantitative estimate of drug-likeness (QED) is 0.0329. The first-order valence-corrected chi connectivity index (χ1v) is 24.3. The highest BCUT2D eigenvalue weighted by Gasteiger charge is 2.38. The monoisotopic (exact) mass is 855 g/mol. The van der Waals surface area contributed by atoms with Crippen LogP contribution in [0.1, 0.15) is 228 Å². The average molecular weight is 855 g/mol. The van der Waals surface area contributed by atoms with Gasteiger partial charge >= 0.3 is 29.8 Å². The summed E-state index contributed by atoms with van der Waals surface area (Å²) in [7, 11) is 0. The van der Waals surface area contributed by atoms with Crippen molar-refractivity contribution in [1.29, 1.82) is 0 Å². The number of esters is 5. The standard InChI is InChI=1S/C49H90O11/c1-8-10-12-14-16-18-20-22-24-26-29-33-44(50)56-37-43(38-57-45(51)34-30-27-25-23-21-19-17-15-13-11-9-2)60-46(52)35-31-28-32-36-55-48(54)49(7,39-58-42(5)6)40-59-47(53)41(3)4/h41-43H,8-40H2,1-7H3. The molecule has 0 aliphatic rings. The third-order valence-electron chi connectivity index (χ3n) is 10.6. The van der Waals surface area contributed by atoms with Gasteiger partial charge in [0.1, 0.15) is 25.2 Å². The summed E-state index contributed by atoms with van der Waals surface area (Å²) in [4.78, 5) is 63.0. The molecule has 0 aromatic heterocycles. The van der Waals surface area contributed by atoms with E-state index in [4.69, 9.17) is 28.4 Å². The second kappa shape index (κ2) is 39.2. The Morgan fingerprint density at radius 2 is 0.833 bits per heavy atom. The van der Waals surface area contributed by atoms with Crippen molar-refractivity contribution in [2.75, 3.05) is 33.0 Å². The smallest absolute Gasteiger partial charge is 0.317 e.